The highest BCUT2D eigenvalue weighted by Gasteiger charge is 2.26. The first-order chi connectivity index (χ1) is 11.4. The molecule has 0 aromatic heterocycles. The summed E-state index contributed by atoms with van der Waals surface area (Å²) in [6.45, 7) is 4.15. The summed E-state index contributed by atoms with van der Waals surface area (Å²) in [4.78, 5) is 27.1. The average Bonchev–Trinajstić information content (AvgIpc) is 2.59. The lowest BCUT2D eigenvalue weighted by molar-refractivity contribution is -0.384. The van der Waals surface area contributed by atoms with Crippen LogP contribution >= 0.6 is 0 Å². The van der Waals surface area contributed by atoms with E-state index < -0.39 is 4.92 Å². The lowest BCUT2D eigenvalue weighted by Crippen LogP contribution is -2.46. The highest BCUT2D eigenvalue weighted by Crippen LogP contribution is 2.22. The Kier molecular flexibility index (Phi) is 6.28. The van der Waals surface area contributed by atoms with Gasteiger partial charge in [-0.25, -0.2) is 0 Å². The molecule has 1 aliphatic heterocycles. The second-order valence-electron chi connectivity index (χ2n) is 6.34. The van der Waals surface area contributed by atoms with E-state index in [1.807, 2.05) is 4.90 Å². The first kappa shape index (κ1) is 18.4. The van der Waals surface area contributed by atoms with Crippen LogP contribution in [-0.2, 0) is 0 Å². The van der Waals surface area contributed by atoms with Crippen LogP contribution in [0.1, 0.15) is 35.2 Å². The molecule has 1 heterocycles. The number of nitro groups is 1. The first-order valence-corrected chi connectivity index (χ1v) is 8.29. The number of rotatable bonds is 6. The molecule has 7 heteroatoms. The second kappa shape index (κ2) is 8.21. The van der Waals surface area contributed by atoms with Gasteiger partial charge < -0.3 is 14.9 Å². The number of likely N-dealkylation sites (tertiary alicyclic amines) is 1. The van der Waals surface area contributed by atoms with Gasteiger partial charge in [-0.1, -0.05) is 0 Å². The van der Waals surface area contributed by atoms with Crippen molar-refractivity contribution in [2.24, 2.45) is 0 Å². The third-order valence-corrected chi connectivity index (χ3v) is 4.70. The first-order valence-electron chi connectivity index (χ1n) is 8.29. The minimum atomic E-state index is -0.449. The van der Waals surface area contributed by atoms with E-state index in [2.05, 4.69) is 11.9 Å². The zero-order valence-electron chi connectivity index (χ0n) is 14.3. The number of non-ortho nitro benzene ring substituents is 1. The number of benzene rings is 1. The Morgan fingerprint density at radius 2 is 2.08 bits per heavy atom. The number of aliphatic hydroxyl groups is 1. The highest BCUT2D eigenvalue weighted by molar-refractivity contribution is 5.96. The molecule has 1 amide bonds. The Balaban J connectivity index is 1.97. The molecule has 0 bridgehead atoms. The normalized spacial score (nSPS) is 15.8. The van der Waals surface area contributed by atoms with E-state index in [0.29, 0.717) is 30.3 Å². The molecule has 1 saturated heterocycles. The molecule has 0 unspecified atom stereocenters. The molecule has 1 aliphatic rings. The number of hydrogen-bond acceptors (Lipinski definition) is 5. The maximum atomic E-state index is 12.7. The number of aliphatic hydroxyl groups excluding tert-OH is 1. The van der Waals surface area contributed by atoms with E-state index in [0.717, 1.165) is 25.8 Å². The van der Waals surface area contributed by atoms with Crippen LogP contribution < -0.4 is 0 Å². The third kappa shape index (κ3) is 4.30. The summed E-state index contributed by atoms with van der Waals surface area (Å²) in [6, 6.07) is 4.81. The maximum absolute atomic E-state index is 12.7. The van der Waals surface area contributed by atoms with Gasteiger partial charge in [0.1, 0.15) is 0 Å². The largest absolute Gasteiger partial charge is 0.396 e. The van der Waals surface area contributed by atoms with Crippen molar-refractivity contribution in [1.82, 2.24) is 9.80 Å². The fourth-order valence-electron chi connectivity index (χ4n) is 3.18. The zero-order valence-corrected chi connectivity index (χ0v) is 14.3. The molecule has 0 saturated carbocycles. The monoisotopic (exact) mass is 335 g/mol. The van der Waals surface area contributed by atoms with E-state index >= 15 is 0 Å². The smallest absolute Gasteiger partial charge is 0.269 e. The molecular formula is C17H25N3O4. The van der Waals surface area contributed by atoms with Crippen molar-refractivity contribution in [3.05, 3.63) is 39.4 Å². The Labute approximate surface area is 142 Å². The molecule has 24 heavy (non-hydrogen) atoms. The summed E-state index contributed by atoms with van der Waals surface area (Å²) >= 11 is 0. The molecule has 0 aliphatic carbocycles. The second-order valence-corrected chi connectivity index (χ2v) is 6.34. The van der Waals surface area contributed by atoms with Crippen molar-refractivity contribution in [1.29, 1.82) is 0 Å². The van der Waals surface area contributed by atoms with Crippen molar-refractivity contribution in [3.8, 4) is 0 Å². The number of nitrogens with zero attached hydrogens (tertiary/aromatic N) is 3. The summed E-state index contributed by atoms with van der Waals surface area (Å²) in [5.41, 5.74) is 1.18. The molecule has 7 nitrogen and oxygen atoms in total. The molecule has 1 aromatic rings. The predicted octanol–water partition coefficient (Wildman–Crippen LogP) is 1.82. The summed E-state index contributed by atoms with van der Waals surface area (Å²) in [5, 5.41) is 19.7. The summed E-state index contributed by atoms with van der Waals surface area (Å²) in [5.74, 6) is -0.0566. The van der Waals surface area contributed by atoms with Crippen molar-refractivity contribution in [3.63, 3.8) is 0 Å². The molecule has 1 aromatic carbocycles. The van der Waals surface area contributed by atoms with Gasteiger partial charge in [0.15, 0.2) is 0 Å². The van der Waals surface area contributed by atoms with Crippen molar-refractivity contribution >= 4 is 11.6 Å². The van der Waals surface area contributed by atoms with E-state index in [9.17, 15) is 14.9 Å². The SMILES string of the molecule is Cc1cc([N+](=O)[O-])ccc1C(=O)N1CCC(N(C)CCCO)CC1. The number of carbonyl (C=O) groups is 1. The topological polar surface area (TPSA) is 86.9 Å². The van der Waals surface area contributed by atoms with Crippen LogP contribution in [0.2, 0.25) is 0 Å². The van der Waals surface area contributed by atoms with Gasteiger partial charge in [0.25, 0.3) is 11.6 Å². The van der Waals surface area contributed by atoms with Crippen LogP contribution in [0.3, 0.4) is 0 Å². The molecule has 1 N–H and O–H groups in total. The minimum Gasteiger partial charge on any atom is -0.396 e. The van der Waals surface area contributed by atoms with Gasteiger partial charge in [0, 0.05) is 50.0 Å². The lowest BCUT2D eigenvalue weighted by atomic mass is 10.0. The van der Waals surface area contributed by atoms with Gasteiger partial charge in [0.2, 0.25) is 0 Å². The van der Waals surface area contributed by atoms with Crippen LogP contribution in [0.25, 0.3) is 0 Å². The molecule has 2 rings (SSSR count). The Hall–Kier alpha value is -1.99. The lowest BCUT2D eigenvalue weighted by Gasteiger charge is -2.37. The number of amides is 1. The number of piperidine rings is 1. The predicted molar refractivity (Wildman–Crippen MR) is 91.1 cm³/mol. The summed E-state index contributed by atoms with van der Waals surface area (Å²) in [7, 11) is 2.05. The summed E-state index contributed by atoms with van der Waals surface area (Å²) < 4.78 is 0. The van der Waals surface area contributed by atoms with Gasteiger partial charge in [-0.15, -0.1) is 0 Å². The van der Waals surface area contributed by atoms with Crippen LogP contribution in [0.5, 0.6) is 0 Å². The van der Waals surface area contributed by atoms with Gasteiger partial charge in [-0.3, -0.25) is 14.9 Å². The fourth-order valence-corrected chi connectivity index (χ4v) is 3.18. The van der Waals surface area contributed by atoms with Crippen molar-refractivity contribution in [2.45, 2.75) is 32.2 Å². The zero-order chi connectivity index (χ0) is 17.7. The highest BCUT2D eigenvalue weighted by atomic mass is 16.6. The Morgan fingerprint density at radius 1 is 1.42 bits per heavy atom. The fraction of sp³-hybridized carbons (Fsp3) is 0.588. The Bertz CT molecular complexity index is 597. The molecule has 1 fully saturated rings. The maximum Gasteiger partial charge on any atom is 0.269 e. The number of carbonyl (C=O) groups excluding carboxylic acids is 1. The molecule has 0 atom stereocenters. The van der Waals surface area contributed by atoms with Gasteiger partial charge in [0.05, 0.1) is 4.92 Å². The standard InChI is InChI=1S/C17H25N3O4/c1-13-12-15(20(23)24)4-5-16(13)17(22)19-9-6-14(7-10-19)18(2)8-3-11-21/h4-5,12,14,21H,3,6-11H2,1-2H3. The van der Waals surface area contributed by atoms with Crippen molar-refractivity contribution < 1.29 is 14.8 Å². The van der Waals surface area contributed by atoms with Crippen LogP contribution in [0.4, 0.5) is 5.69 Å². The molecule has 0 radical (unpaired) electrons. The summed E-state index contributed by atoms with van der Waals surface area (Å²) in [6.07, 6.45) is 2.57. The number of aryl methyl sites for hydroxylation is 1. The van der Waals surface area contributed by atoms with Gasteiger partial charge in [-0.05, 0) is 44.9 Å². The van der Waals surface area contributed by atoms with E-state index in [-0.39, 0.29) is 18.2 Å². The van der Waals surface area contributed by atoms with Crippen LogP contribution in [-0.4, -0.2) is 65.1 Å². The molecule has 132 valence electrons. The number of hydrogen-bond donors (Lipinski definition) is 1. The molecule has 0 spiro atoms. The molecular weight excluding hydrogens is 310 g/mol. The minimum absolute atomic E-state index is 0.00765. The average molecular weight is 335 g/mol. The van der Waals surface area contributed by atoms with Crippen LogP contribution in [0.15, 0.2) is 18.2 Å². The van der Waals surface area contributed by atoms with E-state index in [1.165, 1.54) is 12.1 Å². The number of nitro benzene ring substituents is 1. The third-order valence-electron chi connectivity index (χ3n) is 4.70. The van der Waals surface area contributed by atoms with E-state index in [1.54, 1.807) is 13.0 Å². The van der Waals surface area contributed by atoms with Gasteiger partial charge >= 0.3 is 0 Å². The van der Waals surface area contributed by atoms with Gasteiger partial charge in [-0.2, -0.15) is 0 Å². The quantitative estimate of drug-likeness (QED) is 0.633. The van der Waals surface area contributed by atoms with Crippen molar-refractivity contribution in [2.75, 3.05) is 33.3 Å². The van der Waals surface area contributed by atoms with E-state index in [4.69, 9.17) is 5.11 Å². The Morgan fingerprint density at radius 3 is 2.62 bits per heavy atom. The van der Waals surface area contributed by atoms with Crippen LogP contribution in [0, 0.1) is 17.0 Å².